The molecule has 0 spiro atoms. The fourth-order valence-electron chi connectivity index (χ4n) is 3.55. The van der Waals surface area contributed by atoms with Crippen LogP contribution >= 0.6 is 11.8 Å². The van der Waals surface area contributed by atoms with Gasteiger partial charge in [-0.25, -0.2) is 0 Å². The highest BCUT2D eigenvalue weighted by Gasteiger charge is 2.28. The van der Waals surface area contributed by atoms with Crippen LogP contribution < -0.4 is 0 Å². The molecule has 1 saturated heterocycles. The number of hydrogen-bond donors (Lipinski definition) is 0. The Morgan fingerprint density at radius 3 is 2.06 bits per heavy atom. The summed E-state index contributed by atoms with van der Waals surface area (Å²) < 4.78 is 5.60. The molecule has 2 rings (SSSR count). The second kappa shape index (κ2) is 8.47. The summed E-state index contributed by atoms with van der Waals surface area (Å²) in [7, 11) is 1.89. The van der Waals surface area contributed by atoms with Gasteiger partial charge in [-0.1, -0.05) is 44.9 Å². The SMILES string of the molecule is COC1CCSC(C2CCCCCCCCC2)C1. The molecule has 0 aromatic rings. The molecule has 0 amide bonds. The van der Waals surface area contributed by atoms with Crippen molar-refractivity contribution < 1.29 is 4.74 Å². The molecular formula is C16H30OS. The van der Waals surface area contributed by atoms with Crippen molar-refractivity contribution >= 4 is 11.8 Å². The third-order valence-electron chi connectivity index (χ3n) is 4.78. The normalized spacial score (nSPS) is 33.2. The highest BCUT2D eigenvalue weighted by Crippen LogP contribution is 2.37. The zero-order valence-corrected chi connectivity index (χ0v) is 12.9. The Kier molecular flexibility index (Phi) is 6.93. The first-order valence-corrected chi connectivity index (χ1v) is 9.09. The molecule has 2 unspecified atom stereocenters. The van der Waals surface area contributed by atoms with Gasteiger partial charge < -0.3 is 4.74 Å². The van der Waals surface area contributed by atoms with Gasteiger partial charge >= 0.3 is 0 Å². The number of rotatable bonds is 2. The average Bonchev–Trinajstić information content (AvgIpc) is 2.44. The lowest BCUT2D eigenvalue weighted by Crippen LogP contribution is -2.30. The molecule has 2 heteroatoms. The molecule has 1 nitrogen and oxygen atoms in total. The predicted molar refractivity (Wildman–Crippen MR) is 81.3 cm³/mol. The summed E-state index contributed by atoms with van der Waals surface area (Å²) in [4.78, 5) is 0. The van der Waals surface area contributed by atoms with Crippen molar-refractivity contribution in [1.29, 1.82) is 0 Å². The molecule has 2 atom stereocenters. The van der Waals surface area contributed by atoms with Crippen molar-refractivity contribution in [3.05, 3.63) is 0 Å². The molecule has 106 valence electrons. The maximum absolute atomic E-state index is 5.60. The average molecular weight is 270 g/mol. The van der Waals surface area contributed by atoms with Crippen molar-refractivity contribution in [2.45, 2.75) is 82.0 Å². The number of methoxy groups -OCH3 is 1. The topological polar surface area (TPSA) is 9.23 Å². The number of hydrogen-bond acceptors (Lipinski definition) is 2. The summed E-state index contributed by atoms with van der Waals surface area (Å²) in [6.45, 7) is 0. The second-order valence-corrected chi connectivity index (χ2v) is 7.45. The lowest BCUT2D eigenvalue weighted by atomic mass is 9.87. The van der Waals surface area contributed by atoms with Crippen molar-refractivity contribution in [3.8, 4) is 0 Å². The zero-order valence-electron chi connectivity index (χ0n) is 12.0. The van der Waals surface area contributed by atoms with Crippen LogP contribution in [0.5, 0.6) is 0 Å². The van der Waals surface area contributed by atoms with Gasteiger partial charge in [0, 0.05) is 12.4 Å². The number of ether oxygens (including phenoxy) is 1. The Labute approximate surface area is 117 Å². The van der Waals surface area contributed by atoms with E-state index in [1.54, 1.807) is 0 Å². The Morgan fingerprint density at radius 1 is 0.833 bits per heavy atom. The Hall–Kier alpha value is 0.310. The molecule has 2 fully saturated rings. The van der Waals surface area contributed by atoms with Gasteiger partial charge in [-0.2, -0.15) is 11.8 Å². The molecule has 18 heavy (non-hydrogen) atoms. The summed E-state index contributed by atoms with van der Waals surface area (Å²) in [6, 6.07) is 0. The summed E-state index contributed by atoms with van der Waals surface area (Å²) in [5, 5.41) is 0.892. The maximum atomic E-state index is 5.60. The van der Waals surface area contributed by atoms with E-state index in [4.69, 9.17) is 4.74 Å². The van der Waals surface area contributed by atoms with E-state index in [1.165, 1.54) is 76.4 Å². The molecule has 0 N–H and O–H groups in total. The molecule has 2 aliphatic rings. The number of thioether (sulfide) groups is 1. The van der Waals surface area contributed by atoms with E-state index in [-0.39, 0.29) is 0 Å². The Balaban J connectivity index is 1.82. The minimum atomic E-state index is 0.548. The van der Waals surface area contributed by atoms with Gasteiger partial charge in [-0.05, 0) is 37.4 Å². The monoisotopic (exact) mass is 270 g/mol. The van der Waals surface area contributed by atoms with Gasteiger partial charge in [0.15, 0.2) is 0 Å². The Morgan fingerprint density at radius 2 is 1.44 bits per heavy atom. The quantitative estimate of drug-likeness (QED) is 0.695. The van der Waals surface area contributed by atoms with E-state index in [0.717, 1.165) is 11.2 Å². The fraction of sp³-hybridized carbons (Fsp3) is 1.00. The van der Waals surface area contributed by atoms with E-state index in [0.29, 0.717) is 6.10 Å². The summed E-state index contributed by atoms with van der Waals surface area (Å²) >= 11 is 2.24. The third kappa shape index (κ3) is 4.77. The maximum Gasteiger partial charge on any atom is 0.0589 e. The van der Waals surface area contributed by atoms with Gasteiger partial charge in [0.2, 0.25) is 0 Å². The minimum absolute atomic E-state index is 0.548. The molecule has 1 heterocycles. The molecule has 0 aromatic carbocycles. The van der Waals surface area contributed by atoms with E-state index < -0.39 is 0 Å². The van der Waals surface area contributed by atoms with E-state index >= 15 is 0 Å². The standard InChI is InChI=1S/C16H30OS/c1-17-15-11-12-18-16(13-15)14-9-7-5-3-2-4-6-8-10-14/h14-16H,2-13H2,1H3. The van der Waals surface area contributed by atoms with Gasteiger partial charge in [0.1, 0.15) is 0 Å². The smallest absolute Gasteiger partial charge is 0.0589 e. The van der Waals surface area contributed by atoms with Crippen molar-refractivity contribution in [2.75, 3.05) is 12.9 Å². The molecule has 0 aromatic heterocycles. The van der Waals surface area contributed by atoms with Gasteiger partial charge in [-0.15, -0.1) is 0 Å². The van der Waals surface area contributed by atoms with E-state index in [1.807, 2.05) is 7.11 Å². The third-order valence-corrected chi connectivity index (χ3v) is 6.25. The lowest BCUT2D eigenvalue weighted by Gasteiger charge is -2.34. The Bertz CT molecular complexity index is 209. The van der Waals surface area contributed by atoms with Crippen LogP contribution in [0.3, 0.4) is 0 Å². The van der Waals surface area contributed by atoms with Crippen LogP contribution in [0.25, 0.3) is 0 Å². The van der Waals surface area contributed by atoms with Crippen LogP contribution in [0.1, 0.15) is 70.6 Å². The summed E-state index contributed by atoms with van der Waals surface area (Å²) in [5.41, 5.74) is 0. The highest BCUT2D eigenvalue weighted by molar-refractivity contribution is 7.99. The second-order valence-electron chi connectivity index (χ2n) is 6.10. The molecule has 1 aliphatic carbocycles. The predicted octanol–water partition coefficient (Wildman–Crippen LogP) is 5.04. The molecular weight excluding hydrogens is 240 g/mol. The van der Waals surface area contributed by atoms with E-state index in [2.05, 4.69) is 11.8 Å². The van der Waals surface area contributed by atoms with Gasteiger partial charge in [0.25, 0.3) is 0 Å². The molecule has 1 saturated carbocycles. The molecule has 0 radical (unpaired) electrons. The fourth-order valence-corrected chi connectivity index (χ4v) is 5.15. The minimum Gasteiger partial charge on any atom is -0.381 e. The summed E-state index contributed by atoms with van der Waals surface area (Å²) in [5.74, 6) is 2.30. The molecule has 0 bridgehead atoms. The summed E-state index contributed by atoms with van der Waals surface area (Å²) in [6.07, 6.45) is 16.4. The van der Waals surface area contributed by atoms with Crippen LogP contribution in [-0.4, -0.2) is 24.2 Å². The highest BCUT2D eigenvalue weighted by atomic mass is 32.2. The van der Waals surface area contributed by atoms with Crippen LogP contribution in [0.15, 0.2) is 0 Å². The van der Waals surface area contributed by atoms with E-state index in [9.17, 15) is 0 Å². The van der Waals surface area contributed by atoms with Crippen molar-refractivity contribution in [2.24, 2.45) is 5.92 Å². The van der Waals surface area contributed by atoms with Crippen LogP contribution in [0, 0.1) is 5.92 Å². The molecule has 1 aliphatic heterocycles. The van der Waals surface area contributed by atoms with Gasteiger partial charge in [0.05, 0.1) is 6.10 Å². The van der Waals surface area contributed by atoms with Crippen LogP contribution in [0.4, 0.5) is 0 Å². The first kappa shape index (κ1) is 14.7. The van der Waals surface area contributed by atoms with Crippen LogP contribution in [-0.2, 0) is 4.74 Å². The van der Waals surface area contributed by atoms with Gasteiger partial charge in [-0.3, -0.25) is 0 Å². The first-order chi connectivity index (χ1) is 8.90. The zero-order chi connectivity index (χ0) is 12.6. The lowest BCUT2D eigenvalue weighted by molar-refractivity contribution is 0.0840. The first-order valence-electron chi connectivity index (χ1n) is 8.04. The van der Waals surface area contributed by atoms with Crippen molar-refractivity contribution in [3.63, 3.8) is 0 Å². The largest absolute Gasteiger partial charge is 0.381 e. The van der Waals surface area contributed by atoms with Crippen molar-refractivity contribution in [1.82, 2.24) is 0 Å². The van der Waals surface area contributed by atoms with Crippen LogP contribution in [0.2, 0.25) is 0 Å².